The molecule has 0 bridgehead atoms. The van der Waals surface area contributed by atoms with Gasteiger partial charge in [-0.2, -0.15) is 6.57 Å². The SMILES string of the molecule is [C-]#[N+]/N=C(\CCCCCCC1CCN(C(=O)c2ccco2)CC1)Cc1cccnc1. The van der Waals surface area contributed by atoms with Gasteiger partial charge >= 0.3 is 0 Å². The van der Waals surface area contributed by atoms with Crippen molar-refractivity contribution >= 4 is 11.6 Å². The van der Waals surface area contributed by atoms with E-state index in [9.17, 15) is 4.79 Å². The standard InChI is InChI=1S/C24H30N4O2/c1-25-27-22(18-21-9-6-14-26-19-21)10-5-3-2-4-8-20-12-15-28(16-13-20)24(29)23-11-7-17-30-23/h6-7,9,11,14,17,19-20H,2-5,8,10,12-13,15-16,18H2/b27-22+. The molecule has 3 heterocycles. The molecule has 3 rings (SSSR count). The predicted octanol–water partition coefficient (Wildman–Crippen LogP) is 5.39. The van der Waals surface area contributed by atoms with Crippen LogP contribution in [0.15, 0.2) is 52.4 Å². The molecule has 1 saturated heterocycles. The Morgan fingerprint density at radius 2 is 2.03 bits per heavy atom. The van der Waals surface area contributed by atoms with Crippen LogP contribution in [-0.2, 0) is 6.42 Å². The van der Waals surface area contributed by atoms with Gasteiger partial charge in [0.25, 0.3) is 5.91 Å². The normalized spacial score (nSPS) is 15.2. The third-order valence-electron chi connectivity index (χ3n) is 5.78. The number of piperidine rings is 1. The van der Waals surface area contributed by atoms with Crippen molar-refractivity contribution in [2.24, 2.45) is 11.0 Å². The monoisotopic (exact) mass is 406 g/mol. The topological polar surface area (TPSA) is 63.1 Å². The first-order valence-electron chi connectivity index (χ1n) is 10.9. The van der Waals surface area contributed by atoms with Crippen LogP contribution in [0.1, 0.15) is 67.5 Å². The number of pyridine rings is 1. The first-order chi connectivity index (χ1) is 14.8. The van der Waals surface area contributed by atoms with Crippen LogP contribution in [0, 0.1) is 12.5 Å². The number of amides is 1. The minimum atomic E-state index is 0.0154. The van der Waals surface area contributed by atoms with Gasteiger partial charge in [0.2, 0.25) is 0 Å². The van der Waals surface area contributed by atoms with Crippen molar-refractivity contribution < 1.29 is 9.21 Å². The molecule has 1 aliphatic rings. The summed E-state index contributed by atoms with van der Waals surface area (Å²) >= 11 is 0. The minimum absolute atomic E-state index is 0.0154. The van der Waals surface area contributed by atoms with E-state index in [1.54, 1.807) is 24.6 Å². The fourth-order valence-electron chi connectivity index (χ4n) is 4.08. The maximum Gasteiger partial charge on any atom is 0.289 e. The van der Waals surface area contributed by atoms with Crippen LogP contribution >= 0.6 is 0 Å². The number of rotatable bonds is 10. The van der Waals surface area contributed by atoms with Gasteiger partial charge < -0.3 is 9.32 Å². The highest BCUT2D eigenvalue weighted by atomic mass is 16.3. The summed E-state index contributed by atoms with van der Waals surface area (Å²) in [6.45, 7) is 8.69. The largest absolute Gasteiger partial charge is 0.459 e. The first-order valence-corrected chi connectivity index (χ1v) is 10.9. The highest BCUT2D eigenvalue weighted by molar-refractivity contribution is 5.91. The van der Waals surface area contributed by atoms with Gasteiger partial charge in [-0.25, -0.2) is 0 Å². The maximum absolute atomic E-state index is 12.3. The quantitative estimate of drug-likeness (QED) is 0.230. The second-order valence-electron chi connectivity index (χ2n) is 7.97. The molecule has 0 saturated carbocycles. The van der Waals surface area contributed by atoms with Crippen LogP contribution in [0.3, 0.4) is 0 Å². The third kappa shape index (κ3) is 6.84. The lowest BCUT2D eigenvalue weighted by Crippen LogP contribution is -2.38. The van der Waals surface area contributed by atoms with Gasteiger partial charge in [-0.3, -0.25) is 9.78 Å². The van der Waals surface area contributed by atoms with Crippen LogP contribution in [-0.4, -0.2) is 34.6 Å². The molecule has 2 aromatic heterocycles. The van der Waals surface area contributed by atoms with Crippen molar-refractivity contribution in [3.63, 3.8) is 0 Å². The molecule has 0 unspecified atom stereocenters. The molecular weight excluding hydrogens is 376 g/mol. The molecule has 1 fully saturated rings. The van der Waals surface area contributed by atoms with Crippen LogP contribution in [0.4, 0.5) is 0 Å². The molecule has 0 atom stereocenters. The summed E-state index contributed by atoms with van der Waals surface area (Å²) in [6, 6.07) is 7.44. The van der Waals surface area contributed by atoms with Crippen molar-refractivity contribution in [3.05, 3.63) is 65.8 Å². The molecule has 6 nitrogen and oxygen atoms in total. The maximum atomic E-state index is 12.3. The number of hydrogen-bond acceptors (Lipinski definition) is 4. The van der Waals surface area contributed by atoms with Gasteiger partial charge in [-0.15, -0.1) is 4.95 Å². The summed E-state index contributed by atoms with van der Waals surface area (Å²) in [4.78, 5) is 21.6. The average molecular weight is 407 g/mol. The van der Waals surface area contributed by atoms with Crippen molar-refractivity contribution in [2.75, 3.05) is 13.1 Å². The zero-order chi connectivity index (χ0) is 21.0. The number of hydrogen-bond donors (Lipinski definition) is 0. The van der Waals surface area contributed by atoms with E-state index in [1.165, 1.54) is 25.7 Å². The molecule has 1 aliphatic heterocycles. The molecule has 0 aromatic carbocycles. The van der Waals surface area contributed by atoms with Crippen molar-refractivity contribution in [1.82, 2.24) is 9.88 Å². The fraction of sp³-hybridized carbons (Fsp3) is 0.500. The van der Waals surface area contributed by atoms with Crippen molar-refractivity contribution in [1.29, 1.82) is 0 Å². The van der Waals surface area contributed by atoms with E-state index in [0.717, 1.165) is 56.0 Å². The number of unbranched alkanes of at least 4 members (excludes halogenated alkanes) is 3. The molecule has 158 valence electrons. The number of carbonyl (C=O) groups is 1. The van der Waals surface area contributed by atoms with E-state index in [2.05, 4.69) is 15.0 Å². The summed E-state index contributed by atoms with van der Waals surface area (Å²) in [5.74, 6) is 1.18. The van der Waals surface area contributed by atoms with E-state index in [0.29, 0.717) is 12.2 Å². The highest BCUT2D eigenvalue weighted by Gasteiger charge is 2.24. The average Bonchev–Trinajstić information content (AvgIpc) is 3.32. The van der Waals surface area contributed by atoms with Crippen LogP contribution in [0.25, 0.3) is 4.95 Å². The molecule has 0 N–H and O–H groups in total. The second kappa shape index (κ2) is 11.9. The van der Waals surface area contributed by atoms with E-state index in [4.69, 9.17) is 11.0 Å². The zero-order valence-corrected chi connectivity index (χ0v) is 17.5. The van der Waals surface area contributed by atoms with Gasteiger partial charge in [-0.1, -0.05) is 31.7 Å². The number of aromatic nitrogens is 1. The summed E-state index contributed by atoms with van der Waals surface area (Å²) in [7, 11) is 0. The van der Waals surface area contributed by atoms with E-state index in [1.807, 2.05) is 23.2 Å². The lowest BCUT2D eigenvalue weighted by Gasteiger charge is -2.31. The summed E-state index contributed by atoms with van der Waals surface area (Å²) < 4.78 is 5.22. The van der Waals surface area contributed by atoms with Gasteiger partial charge in [-0.05, 0) is 55.4 Å². The Bertz CT molecular complexity index is 832. The molecule has 2 aromatic rings. The molecule has 1 amide bonds. The van der Waals surface area contributed by atoms with Crippen LogP contribution in [0.2, 0.25) is 0 Å². The van der Waals surface area contributed by atoms with Crippen LogP contribution < -0.4 is 0 Å². The lowest BCUT2D eigenvalue weighted by atomic mass is 9.91. The molecule has 30 heavy (non-hydrogen) atoms. The van der Waals surface area contributed by atoms with E-state index in [-0.39, 0.29) is 5.91 Å². The van der Waals surface area contributed by atoms with E-state index >= 15 is 0 Å². The van der Waals surface area contributed by atoms with Gasteiger partial charge in [0, 0.05) is 31.9 Å². The molecule has 0 spiro atoms. The Hall–Kier alpha value is -2.94. The summed E-state index contributed by atoms with van der Waals surface area (Å²) in [5, 5.41) is 3.99. The smallest absolute Gasteiger partial charge is 0.289 e. The van der Waals surface area contributed by atoms with Gasteiger partial charge in [0.1, 0.15) is 5.71 Å². The number of furan rings is 1. The van der Waals surface area contributed by atoms with Crippen molar-refractivity contribution in [3.8, 4) is 0 Å². The highest BCUT2D eigenvalue weighted by Crippen LogP contribution is 2.24. The molecular formula is C24H30N4O2. The minimum Gasteiger partial charge on any atom is -0.459 e. The Balaban J connectivity index is 1.27. The van der Waals surface area contributed by atoms with Gasteiger partial charge in [0.05, 0.1) is 11.4 Å². The third-order valence-corrected chi connectivity index (χ3v) is 5.78. The Labute approximate surface area is 178 Å². The Morgan fingerprint density at radius 3 is 2.73 bits per heavy atom. The lowest BCUT2D eigenvalue weighted by molar-refractivity contribution is 0.0653. The summed E-state index contributed by atoms with van der Waals surface area (Å²) in [6.07, 6.45) is 14.8. The summed E-state index contributed by atoms with van der Waals surface area (Å²) in [5.41, 5.74) is 2.06. The molecule has 0 aliphatic carbocycles. The first kappa shape index (κ1) is 21.8. The molecule has 6 heteroatoms. The van der Waals surface area contributed by atoms with Gasteiger partial charge in [0.15, 0.2) is 5.76 Å². The Kier molecular flexibility index (Phi) is 8.64. The van der Waals surface area contributed by atoms with E-state index < -0.39 is 0 Å². The van der Waals surface area contributed by atoms with Crippen molar-refractivity contribution in [2.45, 2.75) is 57.8 Å². The Morgan fingerprint density at radius 1 is 1.20 bits per heavy atom. The van der Waals surface area contributed by atoms with Crippen LogP contribution in [0.5, 0.6) is 0 Å². The predicted molar refractivity (Wildman–Crippen MR) is 117 cm³/mol. The number of likely N-dealkylation sites (tertiary alicyclic amines) is 1. The fourth-order valence-corrected chi connectivity index (χ4v) is 4.08. The number of carbonyl (C=O) groups excluding carboxylic acids is 1. The zero-order valence-electron chi connectivity index (χ0n) is 17.5. The molecule has 0 radical (unpaired) electrons. The number of nitrogens with zero attached hydrogens (tertiary/aromatic N) is 4. The second-order valence-corrected chi connectivity index (χ2v) is 7.97.